The lowest BCUT2D eigenvalue weighted by molar-refractivity contribution is -0.119. The summed E-state index contributed by atoms with van der Waals surface area (Å²) >= 11 is 1.45. The molecule has 1 atom stereocenters. The molecule has 1 amide bonds. The van der Waals surface area contributed by atoms with Crippen LogP contribution in [0.2, 0.25) is 0 Å². The van der Waals surface area contributed by atoms with Crippen LogP contribution < -0.4 is 5.32 Å². The van der Waals surface area contributed by atoms with Crippen LogP contribution in [-0.2, 0) is 22.4 Å². The minimum Gasteiger partial charge on any atom is -0.451 e. The first-order chi connectivity index (χ1) is 15.3. The van der Waals surface area contributed by atoms with E-state index in [1.165, 1.54) is 17.5 Å². The fourth-order valence-corrected chi connectivity index (χ4v) is 5.25. The normalized spacial score (nSPS) is 15.6. The van der Waals surface area contributed by atoms with E-state index in [2.05, 4.69) is 42.1 Å². The summed E-state index contributed by atoms with van der Waals surface area (Å²) in [7, 11) is 0. The number of esters is 1. The van der Waals surface area contributed by atoms with E-state index in [1.54, 1.807) is 18.2 Å². The third kappa shape index (κ3) is 4.48. The van der Waals surface area contributed by atoms with Crippen LogP contribution in [0.3, 0.4) is 0 Å². The number of amides is 1. The van der Waals surface area contributed by atoms with Crippen molar-refractivity contribution in [2.24, 2.45) is 11.3 Å². The molecular formula is C24H24N4O3S. The molecule has 0 aliphatic heterocycles. The van der Waals surface area contributed by atoms with Crippen molar-refractivity contribution in [3.63, 3.8) is 0 Å². The van der Waals surface area contributed by atoms with Crippen LogP contribution in [0, 0.1) is 22.7 Å². The zero-order valence-corrected chi connectivity index (χ0v) is 19.1. The first-order valence-corrected chi connectivity index (χ1v) is 11.3. The van der Waals surface area contributed by atoms with E-state index in [0.717, 1.165) is 29.7 Å². The number of carbonyl (C=O) groups is 2. The molecule has 2 heterocycles. The van der Waals surface area contributed by atoms with Gasteiger partial charge in [0.1, 0.15) is 11.1 Å². The van der Waals surface area contributed by atoms with E-state index < -0.39 is 18.5 Å². The predicted octanol–water partition coefficient (Wildman–Crippen LogP) is 4.51. The molecule has 1 aromatic carbocycles. The lowest BCUT2D eigenvalue weighted by Gasteiger charge is -2.33. The second-order valence-corrected chi connectivity index (χ2v) is 10.1. The number of aromatic nitrogens is 2. The molecule has 0 spiro atoms. The van der Waals surface area contributed by atoms with Crippen molar-refractivity contribution >= 4 is 39.2 Å². The number of para-hydroxylation sites is 2. The molecule has 2 aromatic heterocycles. The van der Waals surface area contributed by atoms with Gasteiger partial charge in [0.15, 0.2) is 12.3 Å². The second-order valence-electron chi connectivity index (χ2n) is 8.99. The number of thiophene rings is 1. The Bertz CT molecular complexity index is 1240. The summed E-state index contributed by atoms with van der Waals surface area (Å²) < 4.78 is 5.12. The number of nitrogens with zero attached hydrogens (tertiary/aromatic N) is 3. The number of anilines is 1. The van der Waals surface area contributed by atoms with Crippen LogP contribution in [-0.4, -0.2) is 28.5 Å². The molecule has 1 N–H and O–H groups in total. The average Bonchev–Trinajstić information content (AvgIpc) is 3.12. The fourth-order valence-electron chi connectivity index (χ4n) is 3.95. The van der Waals surface area contributed by atoms with Crippen LogP contribution in [0.5, 0.6) is 0 Å². The quantitative estimate of drug-likeness (QED) is 0.589. The average molecular weight is 449 g/mol. The maximum absolute atomic E-state index is 12.4. The molecule has 164 valence electrons. The summed E-state index contributed by atoms with van der Waals surface area (Å²) in [6.07, 6.45) is 4.10. The van der Waals surface area contributed by atoms with Crippen molar-refractivity contribution < 1.29 is 14.3 Å². The summed E-state index contributed by atoms with van der Waals surface area (Å²) in [5, 5.41) is 12.9. The smallest absolute Gasteiger partial charge is 0.359 e. The summed E-state index contributed by atoms with van der Waals surface area (Å²) in [6, 6.07) is 9.42. The van der Waals surface area contributed by atoms with E-state index in [0.29, 0.717) is 27.5 Å². The number of benzene rings is 1. The Kier molecular flexibility index (Phi) is 5.94. The lowest BCUT2D eigenvalue weighted by atomic mass is 9.72. The highest BCUT2D eigenvalue weighted by atomic mass is 32.1. The number of hydrogen-bond donors (Lipinski definition) is 1. The fraction of sp³-hybridized carbons (Fsp3) is 0.375. The van der Waals surface area contributed by atoms with Crippen molar-refractivity contribution in [3.8, 4) is 6.07 Å². The van der Waals surface area contributed by atoms with Gasteiger partial charge in [0.25, 0.3) is 5.91 Å². The Balaban J connectivity index is 1.41. The van der Waals surface area contributed by atoms with E-state index >= 15 is 0 Å². The minimum atomic E-state index is -0.725. The Morgan fingerprint density at radius 1 is 1.28 bits per heavy atom. The maximum atomic E-state index is 12.4. The molecule has 3 aromatic rings. The Morgan fingerprint density at radius 3 is 2.75 bits per heavy atom. The number of hydrogen-bond acceptors (Lipinski definition) is 7. The number of fused-ring (bicyclic) bond motifs is 2. The zero-order valence-electron chi connectivity index (χ0n) is 18.3. The Labute approximate surface area is 190 Å². The Morgan fingerprint density at radius 2 is 2.03 bits per heavy atom. The van der Waals surface area contributed by atoms with Gasteiger partial charge in [-0.3, -0.25) is 9.78 Å². The van der Waals surface area contributed by atoms with Crippen molar-refractivity contribution in [2.75, 3.05) is 11.9 Å². The number of ether oxygens (including phenoxy) is 1. The second kappa shape index (κ2) is 8.67. The van der Waals surface area contributed by atoms with Crippen molar-refractivity contribution in [1.82, 2.24) is 9.97 Å². The lowest BCUT2D eigenvalue weighted by Crippen LogP contribution is -2.26. The summed E-state index contributed by atoms with van der Waals surface area (Å²) in [6.45, 7) is 6.24. The van der Waals surface area contributed by atoms with E-state index in [-0.39, 0.29) is 11.1 Å². The highest BCUT2D eigenvalue weighted by Gasteiger charge is 2.32. The molecule has 0 saturated heterocycles. The molecular weight excluding hydrogens is 424 g/mol. The van der Waals surface area contributed by atoms with E-state index in [4.69, 9.17) is 4.74 Å². The van der Waals surface area contributed by atoms with Gasteiger partial charge in [-0.05, 0) is 48.3 Å². The van der Waals surface area contributed by atoms with Gasteiger partial charge in [0.2, 0.25) is 0 Å². The standard InChI is InChI=1S/C24H24N4O3S/c1-24(2,3)14-8-9-15-16(11-25)22(32-20(15)10-14)28-21(29)13-31-23(30)19-12-26-17-6-4-5-7-18(17)27-19/h4-7,12,14H,8-10,13H2,1-3H3,(H,28,29). The first kappa shape index (κ1) is 21.9. The topological polar surface area (TPSA) is 105 Å². The summed E-state index contributed by atoms with van der Waals surface area (Å²) in [5.74, 6) is -0.681. The van der Waals surface area contributed by atoms with Crippen LogP contribution in [0.25, 0.3) is 11.0 Å². The molecule has 1 aliphatic rings. The molecule has 0 fully saturated rings. The SMILES string of the molecule is CC(C)(C)C1CCc2c(sc(NC(=O)COC(=O)c3cnc4ccccc4n3)c2C#N)C1. The maximum Gasteiger partial charge on any atom is 0.359 e. The molecule has 32 heavy (non-hydrogen) atoms. The van der Waals surface area contributed by atoms with Crippen LogP contribution in [0.4, 0.5) is 5.00 Å². The zero-order chi connectivity index (χ0) is 22.9. The van der Waals surface area contributed by atoms with Gasteiger partial charge in [0, 0.05) is 4.88 Å². The van der Waals surface area contributed by atoms with Crippen molar-refractivity contribution in [1.29, 1.82) is 5.26 Å². The van der Waals surface area contributed by atoms with Gasteiger partial charge in [-0.1, -0.05) is 32.9 Å². The minimum absolute atomic E-state index is 0.0361. The van der Waals surface area contributed by atoms with Crippen LogP contribution >= 0.6 is 11.3 Å². The molecule has 8 heteroatoms. The third-order valence-electron chi connectivity index (χ3n) is 5.85. The molecule has 0 radical (unpaired) electrons. The number of carbonyl (C=O) groups excluding carboxylic acids is 2. The van der Waals surface area contributed by atoms with Gasteiger partial charge < -0.3 is 10.1 Å². The van der Waals surface area contributed by atoms with Gasteiger partial charge in [-0.25, -0.2) is 9.78 Å². The van der Waals surface area contributed by atoms with Gasteiger partial charge in [-0.2, -0.15) is 5.26 Å². The van der Waals surface area contributed by atoms with E-state index in [9.17, 15) is 14.9 Å². The van der Waals surface area contributed by atoms with Gasteiger partial charge in [0.05, 0.1) is 22.8 Å². The van der Waals surface area contributed by atoms with Crippen LogP contribution in [0.1, 0.15) is 53.7 Å². The van der Waals surface area contributed by atoms with Crippen molar-refractivity contribution in [3.05, 3.63) is 52.2 Å². The Hall–Kier alpha value is -3.31. The van der Waals surface area contributed by atoms with Gasteiger partial charge in [-0.15, -0.1) is 11.3 Å². The van der Waals surface area contributed by atoms with Gasteiger partial charge >= 0.3 is 5.97 Å². The molecule has 0 saturated carbocycles. The predicted molar refractivity (Wildman–Crippen MR) is 122 cm³/mol. The number of nitrogens with one attached hydrogen (secondary N) is 1. The molecule has 7 nitrogen and oxygen atoms in total. The van der Waals surface area contributed by atoms with Crippen molar-refractivity contribution in [2.45, 2.75) is 40.0 Å². The highest BCUT2D eigenvalue weighted by molar-refractivity contribution is 7.16. The largest absolute Gasteiger partial charge is 0.451 e. The molecule has 1 aliphatic carbocycles. The summed E-state index contributed by atoms with van der Waals surface area (Å²) in [4.78, 5) is 34.3. The first-order valence-electron chi connectivity index (χ1n) is 10.5. The monoisotopic (exact) mass is 448 g/mol. The molecule has 0 bridgehead atoms. The molecule has 1 unspecified atom stereocenters. The highest BCUT2D eigenvalue weighted by Crippen LogP contribution is 2.43. The third-order valence-corrected chi connectivity index (χ3v) is 7.02. The van der Waals surface area contributed by atoms with E-state index in [1.807, 2.05) is 6.07 Å². The van der Waals surface area contributed by atoms with Crippen LogP contribution in [0.15, 0.2) is 30.5 Å². The summed E-state index contributed by atoms with van der Waals surface area (Å²) in [5.41, 5.74) is 3.03. The molecule has 4 rings (SSSR count). The number of nitriles is 1. The number of rotatable bonds is 4.